The molecule has 1 heteroatoms. The first kappa shape index (κ1) is 12.6. The third kappa shape index (κ3) is 2.90. The predicted molar refractivity (Wildman–Crippen MR) is 74.2 cm³/mol. The minimum absolute atomic E-state index is 0.402. The lowest BCUT2D eigenvalue weighted by Crippen LogP contribution is -2.29. The molecule has 0 aliphatic heterocycles. The first-order valence-corrected chi connectivity index (χ1v) is 6.94. The van der Waals surface area contributed by atoms with Gasteiger partial charge in [-0.15, -0.1) is 0 Å². The zero-order chi connectivity index (χ0) is 12.3. The van der Waals surface area contributed by atoms with Gasteiger partial charge in [-0.05, 0) is 48.3 Å². The molecule has 1 aliphatic rings. The summed E-state index contributed by atoms with van der Waals surface area (Å²) in [5.74, 6) is 0.624. The summed E-state index contributed by atoms with van der Waals surface area (Å²) < 4.78 is 0. The Labute approximate surface area is 105 Å². The highest BCUT2D eigenvalue weighted by Gasteiger charge is 2.32. The molecule has 0 amide bonds. The molecule has 0 heterocycles. The van der Waals surface area contributed by atoms with Gasteiger partial charge >= 0.3 is 0 Å². The Morgan fingerprint density at radius 2 is 1.71 bits per heavy atom. The van der Waals surface area contributed by atoms with Crippen molar-refractivity contribution < 1.29 is 0 Å². The van der Waals surface area contributed by atoms with Gasteiger partial charge in [0.2, 0.25) is 0 Å². The number of rotatable bonds is 4. The van der Waals surface area contributed by atoms with Gasteiger partial charge in [-0.2, -0.15) is 0 Å². The van der Waals surface area contributed by atoms with Crippen LogP contribution in [0.15, 0.2) is 24.3 Å². The molecule has 1 aromatic rings. The number of nitrogens with two attached hydrogens (primary N) is 1. The van der Waals surface area contributed by atoms with Gasteiger partial charge in [0.25, 0.3) is 0 Å². The van der Waals surface area contributed by atoms with Crippen LogP contribution in [0.1, 0.15) is 56.6 Å². The average molecular weight is 231 g/mol. The fourth-order valence-electron chi connectivity index (χ4n) is 3.03. The van der Waals surface area contributed by atoms with Gasteiger partial charge in [0.05, 0.1) is 0 Å². The molecular formula is C16H25N. The van der Waals surface area contributed by atoms with Crippen molar-refractivity contribution in [2.75, 3.05) is 6.54 Å². The van der Waals surface area contributed by atoms with E-state index in [1.165, 1.54) is 43.2 Å². The molecule has 0 unspecified atom stereocenters. The molecule has 94 valence electrons. The molecule has 0 radical (unpaired) electrons. The van der Waals surface area contributed by atoms with E-state index in [1.807, 2.05) is 0 Å². The monoisotopic (exact) mass is 231 g/mol. The predicted octanol–water partition coefficient (Wildman–Crippen LogP) is 3.87. The molecule has 0 saturated heterocycles. The minimum Gasteiger partial charge on any atom is -0.330 e. The molecule has 2 N–H and O–H groups in total. The third-order valence-electron chi connectivity index (χ3n) is 4.32. The van der Waals surface area contributed by atoms with E-state index in [-0.39, 0.29) is 0 Å². The van der Waals surface area contributed by atoms with Crippen LogP contribution in [0.5, 0.6) is 0 Å². The number of benzene rings is 1. The van der Waals surface area contributed by atoms with Gasteiger partial charge in [0.15, 0.2) is 0 Å². The molecule has 2 rings (SSSR count). The molecule has 0 atom stereocenters. The molecule has 0 spiro atoms. The quantitative estimate of drug-likeness (QED) is 0.836. The maximum Gasteiger partial charge on any atom is -0.00173 e. The van der Waals surface area contributed by atoms with Crippen LogP contribution in [0.2, 0.25) is 0 Å². The van der Waals surface area contributed by atoms with Gasteiger partial charge in [-0.25, -0.2) is 0 Å². The normalized spacial score (nSPS) is 18.8. The lowest BCUT2D eigenvalue weighted by molar-refractivity contribution is 0.306. The van der Waals surface area contributed by atoms with Crippen molar-refractivity contribution in [2.24, 2.45) is 11.1 Å². The van der Waals surface area contributed by atoms with Gasteiger partial charge in [0.1, 0.15) is 0 Å². The molecule has 1 nitrogen and oxygen atoms in total. The summed E-state index contributed by atoms with van der Waals surface area (Å²) in [6.07, 6.45) is 6.52. The van der Waals surface area contributed by atoms with Gasteiger partial charge in [-0.1, -0.05) is 51.0 Å². The van der Waals surface area contributed by atoms with E-state index < -0.39 is 0 Å². The molecule has 17 heavy (non-hydrogen) atoms. The van der Waals surface area contributed by atoms with Crippen molar-refractivity contribution in [1.29, 1.82) is 0 Å². The summed E-state index contributed by atoms with van der Waals surface area (Å²) in [4.78, 5) is 0. The molecule has 1 saturated carbocycles. The highest BCUT2D eigenvalue weighted by Crippen LogP contribution is 2.40. The molecule has 0 bridgehead atoms. The fraction of sp³-hybridized carbons (Fsp3) is 0.625. The van der Waals surface area contributed by atoms with Crippen LogP contribution in [-0.2, 0) is 6.42 Å². The van der Waals surface area contributed by atoms with Gasteiger partial charge < -0.3 is 5.73 Å². The Morgan fingerprint density at radius 3 is 2.18 bits per heavy atom. The van der Waals surface area contributed by atoms with Gasteiger partial charge in [-0.3, -0.25) is 0 Å². The SMILES string of the molecule is CC(C)c1ccc(CC2(CN)CCCC2)cc1. The highest BCUT2D eigenvalue weighted by molar-refractivity contribution is 5.25. The second-order valence-electron chi connectivity index (χ2n) is 5.98. The number of hydrogen-bond donors (Lipinski definition) is 1. The molecule has 1 aromatic carbocycles. The Kier molecular flexibility index (Phi) is 3.88. The van der Waals surface area contributed by atoms with E-state index in [2.05, 4.69) is 38.1 Å². The van der Waals surface area contributed by atoms with Crippen molar-refractivity contribution >= 4 is 0 Å². The van der Waals surface area contributed by atoms with Crippen LogP contribution in [0.25, 0.3) is 0 Å². The zero-order valence-electron chi connectivity index (χ0n) is 11.2. The second kappa shape index (κ2) is 5.22. The largest absolute Gasteiger partial charge is 0.330 e. The lowest BCUT2D eigenvalue weighted by Gasteiger charge is -2.27. The van der Waals surface area contributed by atoms with Crippen LogP contribution < -0.4 is 5.73 Å². The molecule has 1 fully saturated rings. The van der Waals surface area contributed by atoms with E-state index in [9.17, 15) is 0 Å². The maximum absolute atomic E-state index is 5.99. The van der Waals surface area contributed by atoms with Crippen LogP contribution in [0.4, 0.5) is 0 Å². The summed E-state index contributed by atoms with van der Waals surface area (Å²) in [5.41, 5.74) is 9.29. The third-order valence-corrected chi connectivity index (χ3v) is 4.32. The molecule has 0 aromatic heterocycles. The average Bonchev–Trinajstić information content (AvgIpc) is 2.79. The molecular weight excluding hydrogens is 206 g/mol. The summed E-state index contributed by atoms with van der Waals surface area (Å²) >= 11 is 0. The topological polar surface area (TPSA) is 26.0 Å². The van der Waals surface area contributed by atoms with Crippen molar-refractivity contribution in [1.82, 2.24) is 0 Å². The van der Waals surface area contributed by atoms with Crippen LogP contribution >= 0.6 is 0 Å². The van der Waals surface area contributed by atoms with E-state index in [0.717, 1.165) is 6.54 Å². The first-order valence-electron chi connectivity index (χ1n) is 6.94. The summed E-state index contributed by atoms with van der Waals surface area (Å²) in [5, 5.41) is 0. The standard InChI is InChI=1S/C16H25N/c1-13(2)15-7-5-14(6-8-15)11-16(12-17)9-3-4-10-16/h5-8,13H,3-4,9-12,17H2,1-2H3. The van der Waals surface area contributed by atoms with Crippen molar-refractivity contribution in [3.8, 4) is 0 Å². The summed E-state index contributed by atoms with van der Waals surface area (Å²) in [7, 11) is 0. The smallest absolute Gasteiger partial charge is 0.00173 e. The summed E-state index contributed by atoms with van der Waals surface area (Å²) in [6, 6.07) is 9.15. The van der Waals surface area contributed by atoms with Gasteiger partial charge in [0, 0.05) is 0 Å². The van der Waals surface area contributed by atoms with Crippen molar-refractivity contribution in [2.45, 2.75) is 51.9 Å². The fourth-order valence-corrected chi connectivity index (χ4v) is 3.03. The highest BCUT2D eigenvalue weighted by atomic mass is 14.6. The Balaban J connectivity index is 2.07. The Bertz CT molecular complexity index is 344. The van der Waals surface area contributed by atoms with E-state index in [0.29, 0.717) is 11.3 Å². The minimum atomic E-state index is 0.402. The van der Waals surface area contributed by atoms with Crippen molar-refractivity contribution in [3.05, 3.63) is 35.4 Å². The zero-order valence-corrected chi connectivity index (χ0v) is 11.2. The summed E-state index contributed by atoms with van der Waals surface area (Å²) in [6.45, 7) is 5.33. The molecule has 1 aliphatic carbocycles. The maximum atomic E-state index is 5.99. The van der Waals surface area contributed by atoms with E-state index in [4.69, 9.17) is 5.73 Å². The lowest BCUT2D eigenvalue weighted by atomic mass is 9.80. The van der Waals surface area contributed by atoms with E-state index in [1.54, 1.807) is 0 Å². The van der Waals surface area contributed by atoms with E-state index >= 15 is 0 Å². The van der Waals surface area contributed by atoms with Crippen LogP contribution in [0.3, 0.4) is 0 Å². The second-order valence-corrected chi connectivity index (χ2v) is 5.98. The Hall–Kier alpha value is -0.820. The first-order chi connectivity index (χ1) is 8.15. The Morgan fingerprint density at radius 1 is 1.12 bits per heavy atom. The van der Waals surface area contributed by atoms with Crippen LogP contribution in [0, 0.1) is 5.41 Å². The van der Waals surface area contributed by atoms with Crippen LogP contribution in [-0.4, -0.2) is 6.54 Å². The van der Waals surface area contributed by atoms with Crippen molar-refractivity contribution in [3.63, 3.8) is 0 Å². The number of hydrogen-bond acceptors (Lipinski definition) is 1.